The summed E-state index contributed by atoms with van der Waals surface area (Å²) in [5, 5.41) is 9.73. The first-order valence-corrected chi connectivity index (χ1v) is 11.0. The quantitative estimate of drug-likeness (QED) is 0.259. The molecular formula is C22H19BrN4OS. The summed E-state index contributed by atoms with van der Waals surface area (Å²) in [6.45, 7) is 1.29. The summed E-state index contributed by atoms with van der Waals surface area (Å²) in [6, 6.07) is 22.1. The number of hydrogen-bond acceptors (Lipinski definition) is 5. The Kier molecular flexibility index (Phi) is 6.59. The number of rotatable bonds is 8. The molecule has 0 saturated heterocycles. The molecule has 0 aliphatic carbocycles. The molecule has 0 saturated carbocycles. The lowest BCUT2D eigenvalue weighted by atomic mass is 10.2. The highest BCUT2D eigenvalue weighted by atomic mass is 79.9. The monoisotopic (exact) mass is 466 g/mol. The van der Waals surface area contributed by atoms with Crippen molar-refractivity contribution in [2.24, 2.45) is 0 Å². The second-order valence-corrected chi connectivity index (χ2v) is 8.25. The van der Waals surface area contributed by atoms with E-state index in [2.05, 4.69) is 47.8 Å². The second-order valence-electron chi connectivity index (χ2n) is 6.27. The van der Waals surface area contributed by atoms with Crippen LogP contribution in [-0.4, -0.2) is 32.1 Å². The smallest absolute Gasteiger partial charge is 0.191 e. The average molecular weight is 467 g/mol. The van der Waals surface area contributed by atoms with Crippen LogP contribution in [0.15, 0.2) is 88.8 Å². The van der Waals surface area contributed by atoms with Gasteiger partial charge in [0, 0.05) is 28.2 Å². The van der Waals surface area contributed by atoms with E-state index in [1.165, 1.54) is 5.56 Å². The van der Waals surface area contributed by atoms with E-state index in [4.69, 9.17) is 4.74 Å². The van der Waals surface area contributed by atoms with Crippen molar-refractivity contribution in [3.8, 4) is 17.1 Å². The maximum absolute atomic E-state index is 5.82. The Morgan fingerprint density at radius 3 is 2.52 bits per heavy atom. The molecule has 2 aromatic heterocycles. The number of thioether (sulfide) groups is 1. The zero-order valence-corrected chi connectivity index (χ0v) is 18.0. The lowest BCUT2D eigenvalue weighted by Gasteiger charge is -2.11. The Morgan fingerprint density at radius 1 is 0.931 bits per heavy atom. The van der Waals surface area contributed by atoms with Gasteiger partial charge in [-0.25, -0.2) is 0 Å². The Bertz CT molecular complexity index is 1040. The lowest BCUT2D eigenvalue weighted by Crippen LogP contribution is -2.06. The maximum atomic E-state index is 5.82. The first-order valence-electron chi connectivity index (χ1n) is 9.18. The molecule has 0 amide bonds. The molecule has 0 unspecified atom stereocenters. The standard InChI is InChI=1S/C22H19BrN4OS/c23-19-8-10-20(11-9-19)28-13-14-29-22-26-25-21(18-7-4-12-24-15-18)27(22)16-17-5-2-1-3-6-17/h1-12,15H,13-14,16H2. The van der Waals surface area contributed by atoms with Crippen LogP contribution in [0.5, 0.6) is 5.75 Å². The topological polar surface area (TPSA) is 52.8 Å². The highest BCUT2D eigenvalue weighted by Crippen LogP contribution is 2.25. The molecule has 0 aliphatic rings. The molecule has 0 bridgehead atoms. The molecule has 2 heterocycles. The molecule has 0 spiro atoms. The van der Waals surface area contributed by atoms with Gasteiger partial charge in [0.25, 0.3) is 0 Å². The molecule has 0 atom stereocenters. The number of pyridine rings is 1. The minimum atomic E-state index is 0.590. The first kappa shape index (κ1) is 19.7. The predicted octanol–water partition coefficient (Wildman–Crippen LogP) is 5.32. The summed E-state index contributed by atoms with van der Waals surface area (Å²) in [5.74, 6) is 2.45. The molecular weight excluding hydrogens is 448 g/mol. The molecule has 5 nitrogen and oxygen atoms in total. The number of halogens is 1. The number of aromatic nitrogens is 4. The Hall–Kier alpha value is -2.64. The van der Waals surface area contributed by atoms with Crippen LogP contribution in [0, 0.1) is 0 Å². The van der Waals surface area contributed by atoms with Crippen LogP contribution in [0.2, 0.25) is 0 Å². The number of nitrogens with zero attached hydrogens (tertiary/aromatic N) is 4. The van der Waals surface area contributed by atoms with Crippen LogP contribution in [0.25, 0.3) is 11.4 Å². The van der Waals surface area contributed by atoms with Crippen molar-refractivity contribution >= 4 is 27.7 Å². The molecule has 29 heavy (non-hydrogen) atoms. The summed E-state index contributed by atoms with van der Waals surface area (Å²) < 4.78 is 9.00. The maximum Gasteiger partial charge on any atom is 0.191 e. The van der Waals surface area contributed by atoms with Crippen molar-refractivity contribution in [2.75, 3.05) is 12.4 Å². The molecule has 0 aliphatic heterocycles. The van der Waals surface area contributed by atoms with Gasteiger partial charge in [-0.3, -0.25) is 9.55 Å². The molecule has 4 aromatic rings. The van der Waals surface area contributed by atoms with Gasteiger partial charge in [-0.05, 0) is 42.0 Å². The fourth-order valence-corrected chi connectivity index (χ4v) is 3.85. The zero-order chi connectivity index (χ0) is 19.9. The van der Waals surface area contributed by atoms with Crippen LogP contribution in [0.1, 0.15) is 5.56 Å². The SMILES string of the molecule is Brc1ccc(OCCSc2nnc(-c3cccnc3)n2Cc2ccccc2)cc1. The van der Waals surface area contributed by atoms with Crippen molar-refractivity contribution in [3.05, 3.63) is 89.2 Å². The predicted molar refractivity (Wildman–Crippen MR) is 119 cm³/mol. The fraction of sp³-hybridized carbons (Fsp3) is 0.136. The third-order valence-corrected chi connectivity index (χ3v) is 5.68. The third-order valence-electron chi connectivity index (χ3n) is 4.22. The zero-order valence-electron chi connectivity index (χ0n) is 15.6. The van der Waals surface area contributed by atoms with E-state index in [0.29, 0.717) is 13.2 Å². The van der Waals surface area contributed by atoms with Gasteiger partial charge >= 0.3 is 0 Å². The van der Waals surface area contributed by atoms with Gasteiger partial charge in [0.15, 0.2) is 11.0 Å². The number of ether oxygens (including phenoxy) is 1. The van der Waals surface area contributed by atoms with Crippen molar-refractivity contribution in [1.82, 2.24) is 19.7 Å². The first-order chi connectivity index (χ1) is 14.3. The molecule has 2 aromatic carbocycles. The summed E-state index contributed by atoms with van der Waals surface area (Å²) in [7, 11) is 0. The summed E-state index contributed by atoms with van der Waals surface area (Å²) in [6.07, 6.45) is 3.58. The van der Waals surface area contributed by atoms with E-state index in [-0.39, 0.29) is 0 Å². The van der Waals surface area contributed by atoms with E-state index in [1.54, 1.807) is 18.0 Å². The van der Waals surface area contributed by atoms with E-state index < -0.39 is 0 Å². The molecule has 0 radical (unpaired) electrons. The van der Waals surface area contributed by atoms with Gasteiger partial charge in [-0.1, -0.05) is 58.0 Å². The Labute approximate surface area is 182 Å². The summed E-state index contributed by atoms with van der Waals surface area (Å²) >= 11 is 5.07. The largest absolute Gasteiger partial charge is 0.493 e. The molecule has 146 valence electrons. The molecule has 0 fully saturated rings. The van der Waals surface area contributed by atoms with Crippen LogP contribution in [-0.2, 0) is 6.54 Å². The van der Waals surface area contributed by atoms with E-state index in [1.807, 2.05) is 60.8 Å². The Balaban J connectivity index is 1.48. The molecule has 0 N–H and O–H groups in total. The van der Waals surface area contributed by atoms with Crippen molar-refractivity contribution < 1.29 is 4.74 Å². The van der Waals surface area contributed by atoms with Crippen molar-refractivity contribution in [3.63, 3.8) is 0 Å². The lowest BCUT2D eigenvalue weighted by molar-refractivity contribution is 0.343. The number of benzene rings is 2. The minimum absolute atomic E-state index is 0.590. The van der Waals surface area contributed by atoms with Gasteiger partial charge in [0.05, 0.1) is 13.2 Å². The Morgan fingerprint density at radius 2 is 1.76 bits per heavy atom. The van der Waals surface area contributed by atoms with Crippen molar-refractivity contribution in [2.45, 2.75) is 11.7 Å². The van der Waals surface area contributed by atoms with Crippen molar-refractivity contribution in [1.29, 1.82) is 0 Å². The van der Waals surface area contributed by atoms with Crippen LogP contribution in [0.3, 0.4) is 0 Å². The second kappa shape index (κ2) is 9.71. The average Bonchev–Trinajstić information content (AvgIpc) is 3.16. The van der Waals surface area contributed by atoms with E-state index in [9.17, 15) is 0 Å². The highest BCUT2D eigenvalue weighted by Gasteiger charge is 2.15. The van der Waals surface area contributed by atoms with E-state index >= 15 is 0 Å². The molecule has 7 heteroatoms. The normalized spacial score (nSPS) is 10.8. The van der Waals surface area contributed by atoms with Gasteiger partial charge in [-0.15, -0.1) is 10.2 Å². The molecule has 4 rings (SSSR count). The number of hydrogen-bond donors (Lipinski definition) is 0. The fourth-order valence-electron chi connectivity index (χ4n) is 2.84. The summed E-state index contributed by atoms with van der Waals surface area (Å²) in [4.78, 5) is 4.22. The van der Waals surface area contributed by atoms with Gasteiger partial charge in [0.2, 0.25) is 0 Å². The summed E-state index contributed by atoms with van der Waals surface area (Å²) in [5.41, 5.74) is 2.15. The van der Waals surface area contributed by atoms with Gasteiger partial charge in [0.1, 0.15) is 5.75 Å². The van der Waals surface area contributed by atoms with Crippen LogP contribution < -0.4 is 4.74 Å². The third kappa shape index (κ3) is 5.25. The van der Waals surface area contributed by atoms with Gasteiger partial charge in [-0.2, -0.15) is 0 Å². The van der Waals surface area contributed by atoms with Crippen LogP contribution in [0.4, 0.5) is 0 Å². The van der Waals surface area contributed by atoms with E-state index in [0.717, 1.165) is 32.5 Å². The highest BCUT2D eigenvalue weighted by molar-refractivity contribution is 9.10. The minimum Gasteiger partial charge on any atom is -0.493 e. The van der Waals surface area contributed by atoms with Gasteiger partial charge < -0.3 is 4.74 Å². The van der Waals surface area contributed by atoms with Crippen LogP contribution >= 0.6 is 27.7 Å².